The van der Waals surface area contributed by atoms with Crippen LogP contribution in [0, 0.1) is 0 Å². The van der Waals surface area contributed by atoms with Crippen molar-refractivity contribution in [3.05, 3.63) is 122 Å². The van der Waals surface area contributed by atoms with Gasteiger partial charge in [-0.2, -0.15) is 0 Å². The molecule has 2 unspecified atom stereocenters. The lowest BCUT2D eigenvalue weighted by molar-refractivity contribution is 0.792. The largest absolute Gasteiger partial charge is 0.256 e. The molecule has 0 aliphatic heterocycles. The third-order valence-corrected chi connectivity index (χ3v) is 13.3. The lowest BCUT2D eigenvalue weighted by atomic mass is 9.94. The summed E-state index contributed by atoms with van der Waals surface area (Å²) in [6, 6.07) is 40.2. The van der Waals surface area contributed by atoms with Crippen LogP contribution in [0.5, 0.6) is 0 Å². The Kier molecular flexibility index (Phi) is 7.74. The summed E-state index contributed by atoms with van der Waals surface area (Å²) in [6.07, 6.45) is 3.86. The molecule has 0 radical (unpaired) electrons. The normalized spacial score (nSPS) is 13.8. The zero-order chi connectivity index (χ0) is 29.5. The Hall–Kier alpha value is -3.44. The van der Waals surface area contributed by atoms with Gasteiger partial charge in [-0.3, -0.25) is 9.97 Å². The van der Waals surface area contributed by atoms with Gasteiger partial charge in [-0.15, -0.1) is 0 Å². The van der Waals surface area contributed by atoms with Crippen molar-refractivity contribution in [2.75, 3.05) is 0 Å². The fourth-order valence-electron chi connectivity index (χ4n) is 5.99. The Labute approximate surface area is 252 Å². The fraction of sp³-hybridized carbons (Fsp3) is 0.211. The van der Waals surface area contributed by atoms with E-state index in [9.17, 15) is 0 Å². The van der Waals surface area contributed by atoms with Crippen LogP contribution >= 0.6 is 15.8 Å². The number of fused-ring (bicyclic) bond motifs is 2. The third kappa shape index (κ3) is 5.64. The second-order valence-electron chi connectivity index (χ2n) is 12.8. The first-order valence-corrected chi connectivity index (χ1v) is 17.3. The molecule has 0 bridgehead atoms. The molecule has 0 amide bonds. The highest BCUT2D eigenvalue weighted by Crippen LogP contribution is 2.50. The predicted molar refractivity (Wildman–Crippen MR) is 187 cm³/mol. The van der Waals surface area contributed by atoms with Crippen LogP contribution in [0.4, 0.5) is 0 Å². The van der Waals surface area contributed by atoms with Crippen molar-refractivity contribution in [3.63, 3.8) is 0 Å². The molecule has 0 aliphatic rings. The molecule has 0 fully saturated rings. The van der Waals surface area contributed by atoms with Crippen LogP contribution in [-0.4, -0.2) is 20.3 Å². The van der Waals surface area contributed by atoms with E-state index in [1.165, 1.54) is 54.2 Å². The maximum atomic E-state index is 4.88. The zero-order valence-corrected chi connectivity index (χ0v) is 27.1. The monoisotopic (exact) mass is 584 g/mol. The Morgan fingerprint density at radius 1 is 0.452 bits per heavy atom. The molecule has 4 heteroatoms. The maximum absolute atomic E-state index is 4.88. The van der Waals surface area contributed by atoms with Gasteiger partial charge in [-0.25, -0.2) is 0 Å². The van der Waals surface area contributed by atoms with Gasteiger partial charge in [0, 0.05) is 12.4 Å². The lowest BCUT2D eigenvalue weighted by Gasteiger charge is -2.33. The summed E-state index contributed by atoms with van der Waals surface area (Å²) >= 11 is 0. The first-order valence-electron chi connectivity index (χ1n) is 14.6. The standard InChI is InChI=1S/C38H38N2P2/c1-37(2,3)41(35-19-11-13-21-39-35)29-23-27-15-7-9-17-31(27)33(25-29)34-26-30(24-28-16-8-10-18-32(28)34)42(38(4,5)6)36-20-12-14-22-40-36/h7-26H,1-6H3. The Bertz CT molecular complexity index is 1710. The number of pyridine rings is 2. The number of nitrogens with zero attached hydrogens (tertiary/aromatic N) is 2. The van der Waals surface area contributed by atoms with E-state index in [2.05, 4.69) is 139 Å². The average molecular weight is 585 g/mol. The van der Waals surface area contributed by atoms with E-state index in [4.69, 9.17) is 9.97 Å². The molecule has 0 aliphatic carbocycles. The predicted octanol–water partition coefficient (Wildman–Crippen LogP) is 8.91. The minimum Gasteiger partial charge on any atom is -0.256 e. The topological polar surface area (TPSA) is 25.8 Å². The summed E-state index contributed by atoms with van der Waals surface area (Å²) in [4.78, 5) is 9.75. The van der Waals surface area contributed by atoms with Gasteiger partial charge in [0.2, 0.25) is 0 Å². The fourth-order valence-corrected chi connectivity index (χ4v) is 11.3. The maximum Gasteiger partial charge on any atom is 0.0681 e. The van der Waals surface area contributed by atoms with Crippen molar-refractivity contribution < 1.29 is 0 Å². The molecule has 2 atom stereocenters. The SMILES string of the molecule is CC(C)(C)P(c1cc(-c2cc(P(c3ccccn3)C(C)(C)C)cc3ccccc23)c2ccccc2c1)c1ccccn1. The summed E-state index contributed by atoms with van der Waals surface area (Å²) < 4.78 is 0. The molecule has 2 heterocycles. The lowest BCUT2D eigenvalue weighted by Crippen LogP contribution is -2.28. The van der Waals surface area contributed by atoms with Gasteiger partial charge in [-0.1, -0.05) is 102 Å². The number of benzene rings is 4. The third-order valence-electron chi connectivity index (χ3n) is 7.60. The molecule has 4 aromatic carbocycles. The molecule has 0 spiro atoms. The zero-order valence-electron chi connectivity index (χ0n) is 25.3. The van der Waals surface area contributed by atoms with Gasteiger partial charge < -0.3 is 0 Å². The molecule has 42 heavy (non-hydrogen) atoms. The second-order valence-corrected chi connectivity index (χ2v) is 18.8. The van der Waals surface area contributed by atoms with Crippen LogP contribution in [0.25, 0.3) is 32.7 Å². The van der Waals surface area contributed by atoms with Crippen LogP contribution in [0.3, 0.4) is 0 Å². The second kappa shape index (κ2) is 11.3. The summed E-state index contributed by atoms with van der Waals surface area (Å²) in [5, 5.41) is 7.94. The van der Waals surface area contributed by atoms with Gasteiger partial charge in [0.05, 0.1) is 10.9 Å². The van der Waals surface area contributed by atoms with E-state index in [-0.39, 0.29) is 10.3 Å². The van der Waals surface area contributed by atoms with Crippen molar-refractivity contribution in [1.29, 1.82) is 0 Å². The van der Waals surface area contributed by atoms with Crippen LogP contribution in [0.1, 0.15) is 41.5 Å². The molecular weight excluding hydrogens is 546 g/mol. The van der Waals surface area contributed by atoms with E-state index in [0.717, 1.165) is 0 Å². The number of hydrogen-bond acceptors (Lipinski definition) is 2. The number of rotatable bonds is 5. The summed E-state index contributed by atoms with van der Waals surface area (Å²) in [7, 11) is -1.41. The quantitative estimate of drug-likeness (QED) is 0.189. The molecule has 2 aromatic heterocycles. The highest BCUT2D eigenvalue weighted by Gasteiger charge is 2.31. The van der Waals surface area contributed by atoms with Crippen LogP contribution in [0.15, 0.2) is 122 Å². The summed E-state index contributed by atoms with van der Waals surface area (Å²) in [5.41, 5.74) is 4.93. The minimum absolute atomic E-state index is 0.0485. The molecule has 0 saturated heterocycles. The smallest absolute Gasteiger partial charge is 0.0681 e. The molecular formula is C38H38N2P2. The van der Waals surface area contributed by atoms with Gasteiger partial charge in [-0.05, 0) is 118 Å². The molecule has 0 saturated carbocycles. The van der Waals surface area contributed by atoms with Gasteiger partial charge in [0.1, 0.15) is 0 Å². The Morgan fingerprint density at radius 3 is 1.19 bits per heavy atom. The first-order chi connectivity index (χ1) is 20.1. The summed E-state index contributed by atoms with van der Waals surface area (Å²) in [6.45, 7) is 14.1. The highest BCUT2D eigenvalue weighted by molar-refractivity contribution is 7.74. The van der Waals surface area contributed by atoms with Gasteiger partial charge >= 0.3 is 0 Å². The van der Waals surface area contributed by atoms with E-state index in [1.54, 1.807) is 0 Å². The molecule has 2 nitrogen and oxygen atoms in total. The first kappa shape index (κ1) is 28.7. The van der Waals surface area contributed by atoms with Gasteiger partial charge in [0.25, 0.3) is 0 Å². The minimum atomic E-state index is -0.707. The number of hydrogen-bond donors (Lipinski definition) is 0. The van der Waals surface area contributed by atoms with Gasteiger partial charge in [0.15, 0.2) is 0 Å². The number of aromatic nitrogens is 2. The van der Waals surface area contributed by atoms with E-state index < -0.39 is 15.8 Å². The Balaban J connectivity index is 1.66. The van der Waals surface area contributed by atoms with E-state index in [1.807, 2.05) is 24.5 Å². The van der Waals surface area contributed by atoms with Crippen molar-refractivity contribution in [3.8, 4) is 11.1 Å². The van der Waals surface area contributed by atoms with E-state index in [0.29, 0.717) is 0 Å². The Morgan fingerprint density at radius 2 is 0.833 bits per heavy atom. The van der Waals surface area contributed by atoms with Crippen LogP contribution in [-0.2, 0) is 0 Å². The van der Waals surface area contributed by atoms with Crippen molar-refractivity contribution in [2.24, 2.45) is 0 Å². The van der Waals surface area contributed by atoms with E-state index >= 15 is 0 Å². The van der Waals surface area contributed by atoms with Crippen LogP contribution in [0.2, 0.25) is 0 Å². The van der Waals surface area contributed by atoms with Crippen molar-refractivity contribution in [2.45, 2.75) is 51.9 Å². The van der Waals surface area contributed by atoms with Crippen LogP contribution < -0.4 is 21.5 Å². The molecule has 0 N–H and O–H groups in total. The van der Waals surface area contributed by atoms with Crippen molar-refractivity contribution >= 4 is 58.9 Å². The highest BCUT2D eigenvalue weighted by atomic mass is 31.1. The average Bonchev–Trinajstić information content (AvgIpc) is 2.96. The molecule has 6 rings (SSSR count). The summed E-state index contributed by atoms with van der Waals surface area (Å²) in [5.74, 6) is 0. The van der Waals surface area contributed by atoms with Crippen molar-refractivity contribution in [1.82, 2.24) is 9.97 Å². The molecule has 210 valence electrons. The molecule has 6 aromatic rings.